The fraction of sp³-hybridized carbons (Fsp3) is 0.300. The van der Waals surface area contributed by atoms with E-state index in [1.54, 1.807) is 46.2 Å². The number of amides is 2. The fourth-order valence-corrected chi connectivity index (χ4v) is 3.74. The van der Waals surface area contributed by atoms with Crippen LogP contribution < -0.4 is 9.47 Å². The molecule has 4 rings (SSSR count). The van der Waals surface area contributed by atoms with Gasteiger partial charge >= 0.3 is 0 Å². The first-order valence-electron chi connectivity index (χ1n) is 8.96. The molecule has 2 aromatic carbocycles. The van der Waals surface area contributed by atoms with Gasteiger partial charge in [0.15, 0.2) is 11.5 Å². The Morgan fingerprint density at radius 2 is 1.54 bits per heavy atom. The maximum absolute atomic E-state index is 12.9. The van der Waals surface area contributed by atoms with Gasteiger partial charge in [-0.05, 0) is 42.8 Å². The van der Waals surface area contributed by atoms with Gasteiger partial charge in [0.1, 0.15) is 0 Å². The first-order valence-corrected chi connectivity index (χ1v) is 9.72. The smallest absolute Gasteiger partial charge is 0.255 e. The van der Waals surface area contributed by atoms with Crippen LogP contribution in [0.5, 0.6) is 11.5 Å². The maximum atomic E-state index is 12.9. The van der Waals surface area contributed by atoms with Crippen molar-refractivity contribution in [3.63, 3.8) is 0 Å². The van der Waals surface area contributed by atoms with Gasteiger partial charge < -0.3 is 19.3 Å². The summed E-state index contributed by atoms with van der Waals surface area (Å²) in [6, 6.07) is 10.0. The minimum absolute atomic E-state index is 0.0895. The summed E-state index contributed by atoms with van der Waals surface area (Å²) in [6.07, 6.45) is 0.681. The Hall–Kier alpha value is -2.44. The lowest BCUT2D eigenvalue weighted by atomic mass is 10.1. The summed E-state index contributed by atoms with van der Waals surface area (Å²) in [4.78, 5) is 29.2. The van der Waals surface area contributed by atoms with E-state index in [-0.39, 0.29) is 18.6 Å². The van der Waals surface area contributed by atoms with Gasteiger partial charge in [0.05, 0.1) is 10.6 Å². The number of hydrogen-bond acceptors (Lipinski definition) is 4. The highest BCUT2D eigenvalue weighted by atomic mass is 35.5. The standard InChI is InChI=1S/C20H18Cl2N2O4/c21-14-3-4-16(22)15(11-14)20(26)24-7-1-6-23(8-9-24)19(25)13-2-5-17-18(10-13)28-12-27-17/h2-5,10-11H,1,6-9,12H2. The van der Waals surface area contributed by atoms with Gasteiger partial charge in [0, 0.05) is 36.8 Å². The highest BCUT2D eigenvalue weighted by Gasteiger charge is 2.26. The van der Waals surface area contributed by atoms with E-state index in [1.807, 2.05) is 0 Å². The van der Waals surface area contributed by atoms with Crippen LogP contribution in [0.2, 0.25) is 10.0 Å². The Labute approximate surface area is 172 Å². The zero-order chi connectivity index (χ0) is 19.7. The molecule has 1 fully saturated rings. The van der Waals surface area contributed by atoms with Crippen LogP contribution >= 0.6 is 23.2 Å². The molecule has 0 saturated carbocycles. The monoisotopic (exact) mass is 420 g/mol. The Kier molecular flexibility index (Phi) is 5.33. The van der Waals surface area contributed by atoms with E-state index in [1.165, 1.54) is 0 Å². The van der Waals surface area contributed by atoms with Crippen molar-refractivity contribution in [2.45, 2.75) is 6.42 Å². The van der Waals surface area contributed by atoms with Crippen molar-refractivity contribution in [1.29, 1.82) is 0 Å². The van der Waals surface area contributed by atoms with Crippen LogP contribution in [0.25, 0.3) is 0 Å². The fourth-order valence-electron chi connectivity index (χ4n) is 3.37. The normalized spacial score (nSPS) is 16.1. The third-order valence-corrected chi connectivity index (χ3v) is 5.41. The van der Waals surface area contributed by atoms with E-state index in [9.17, 15) is 9.59 Å². The van der Waals surface area contributed by atoms with Crippen LogP contribution in [0.1, 0.15) is 27.1 Å². The third-order valence-electron chi connectivity index (χ3n) is 4.85. The van der Waals surface area contributed by atoms with Crippen molar-refractivity contribution in [2.75, 3.05) is 33.0 Å². The highest BCUT2D eigenvalue weighted by molar-refractivity contribution is 6.35. The van der Waals surface area contributed by atoms with Gasteiger partial charge in [-0.3, -0.25) is 9.59 Å². The maximum Gasteiger partial charge on any atom is 0.255 e. The predicted molar refractivity (Wildman–Crippen MR) is 105 cm³/mol. The third kappa shape index (κ3) is 3.75. The summed E-state index contributed by atoms with van der Waals surface area (Å²) >= 11 is 12.2. The Morgan fingerprint density at radius 3 is 2.32 bits per heavy atom. The molecular weight excluding hydrogens is 403 g/mol. The molecule has 146 valence electrons. The van der Waals surface area contributed by atoms with Crippen molar-refractivity contribution in [3.05, 3.63) is 57.6 Å². The first kappa shape index (κ1) is 18.9. The van der Waals surface area contributed by atoms with E-state index in [4.69, 9.17) is 32.7 Å². The number of ether oxygens (including phenoxy) is 2. The number of benzene rings is 2. The number of fused-ring (bicyclic) bond motifs is 1. The van der Waals surface area contributed by atoms with Crippen molar-refractivity contribution in [2.24, 2.45) is 0 Å². The topological polar surface area (TPSA) is 59.1 Å². The summed E-state index contributed by atoms with van der Waals surface area (Å²) in [5.41, 5.74) is 0.923. The van der Waals surface area contributed by atoms with E-state index in [0.29, 0.717) is 65.3 Å². The molecular formula is C20H18Cl2N2O4. The van der Waals surface area contributed by atoms with E-state index < -0.39 is 0 Å². The van der Waals surface area contributed by atoms with Crippen molar-refractivity contribution >= 4 is 35.0 Å². The van der Waals surface area contributed by atoms with Crippen LogP contribution in [0.3, 0.4) is 0 Å². The van der Waals surface area contributed by atoms with Crippen molar-refractivity contribution < 1.29 is 19.1 Å². The van der Waals surface area contributed by atoms with Crippen LogP contribution in [0.4, 0.5) is 0 Å². The molecule has 0 aliphatic carbocycles. The molecule has 0 atom stereocenters. The van der Waals surface area contributed by atoms with Crippen LogP contribution in [-0.4, -0.2) is 54.6 Å². The molecule has 2 amide bonds. The zero-order valence-corrected chi connectivity index (χ0v) is 16.5. The summed E-state index contributed by atoms with van der Waals surface area (Å²) in [7, 11) is 0. The molecule has 0 N–H and O–H groups in total. The number of rotatable bonds is 2. The zero-order valence-electron chi connectivity index (χ0n) is 15.0. The minimum atomic E-state index is -0.176. The molecule has 0 bridgehead atoms. The summed E-state index contributed by atoms with van der Waals surface area (Å²) in [5, 5.41) is 0.828. The molecule has 6 nitrogen and oxygen atoms in total. The van der Waals surface area contributed by atoms with E-state index >= 15 is 0 Å². The number of carbonyl (C=O) groups is 2. The largest absolute Gasteiger partial charge is 0.454 e. The Bertz CT molecular complexity index is 934. The number of carbonyl (C=O) groups excluding carboxylic acids is 2. The van der Waals surface area contributed by atoms with Crippen LogP contribution in [-0.2, 0) is 0 Å². The van der Waals surface area contributed by atoms with Crippen LogP contribution in [0, 0.1) is 0 Å². The average Bonchev–Trinajstić information content (AvgIpc) is 3.03. The first-order chi connectivity index (χ1) is 13.5. The molecule has 28 heavy (non-hydrogen) atoms. The molecule has 1 saturated heterocycles. The molecule has 2 aliphatic rings. The SMILES string of the molecule is O=C(c1ccc2c(c1)OCO2)N1CCCN(C(=O)c2cc(Cl)ccc2Cl)CC1. The number of nitrogens with zero attached hydrogens (tertiary/aromatic N) is 2. The molecule has 0 radical (unpaired) electrons. The lowest BCUT2D eigenvalue weighted by Gasteiger charge is -2.23. The molecule has 0 spiro atoms. The molecule has 8 heteroatoms. The van der Waals surface area contributed by atoms with Gasteiger partial charge in [-0.25, -0.2) is 0 Å². The van der Waals surface area contributed by atoms with Gasteiger partial charge in [-0.15, -0.1) is 0 Å². The van der Waals surface area contributed by atoms with Crippen LogP contribution in [0.15, 0.2) is 36.4 Å². The van der Waals surface area contributed by atoms with E-state index in [0.717, 1.165) is 0 Å². The van der Waals surface area contributed by atoms with Gasteiger partial charge in [0.2, 0.25) is 6.79 Å². The summed E-state index contributed by atoms with van der Waals surface area (Å²) in [6.45, 7) is 2.15. The Balaban J connectivity index is 1.45. The second-order valence-electron chi connectivity index (χ2n) is 6.63. The second-order valence-corrected chi connectivity index (χ2v) is 7.47. The molecule has 2 aliphatic heterocycles. The second kappa shape index (κ2) is 7.89. The lowest BCUT2D eigenvalue weighted by molar-refractivity contribution is 0.0718. The van der Waals surface area contributed by atoms with Gasteiger partial charge in [-0.2, -0.15) is 0 Å². The molecule has 2 heterocycles. The quantitative estimate of drug-likeness (QED) is 0.742. The number of hydrogen-bond donors (Lipinski definition) is 0. The van der Waals surface area contributed by atoms with Gasteiger partial charge in [0.25, 0.3) is 11.8 Å². The van der Waals surface area contributed by atoms with Crippen molar-refractivity contribution in [1.82, 2.24) is 9.80 Å². The average molecular weight is 421 g/mol. The van der Waals surface area contributed by atoms with E-state index in [2.05, 4.69) is 0 Å². The minimum Gasteiger partial charge on any atom is -0.454 e. The summed E-state index contributed by atoms with van der Waals surface area (Å²) < 4.78 is 10.6. The molecule has 0 aromatic heterocycles. The lowest BCUT2D eigenvalue weighted by Crippen LogP contribution is -2.37. The molecule has 0 unspecified atom stereocenters. The molecule has 2 aromatic rings. The highest BCUT2D eigenvalue weighted by Crippen LogP contribution is 2.33. The number of halogens is 2. The van der Waals surface area contributed by atoms with Gasteiger partial charge in [-0.1, -0.05) is 23.2 Å². The predicted octanol–water partition coefficient (Wildman–Crippen LogP) is 3.71. The van der Waals surface area contributed by atoms with Crippen molar-refractivity contribution in [3.8, 4) is 11.5 Å². The summed E-state index contributed by atoms with van der Waals surface area (Å²) in [5.74, 6) is 0.953. The Morgan fingerprint density at radius 1 is 0.821 bits per heavy atom.